The maximum absolute atomic E-state index is 10.2. The maximum atomic E-state index is 10.2. The molecule has 0 heterocycles. The number of aliphatic hydroxyl groups is 2. The molecule has 0 radical (unpaired) electrons. The zero-order valence-corrected chi connectivity index (χ0v) is 37.0. The Morgan fingerprint density at radius 2 is 0.385 bits per heavy atom. The van der Waals surface area contributed by atoms with E-state index in [2.05, 4.69) is 20.8 Å². The molecule has 0 aromatic rings. The molecule has 1 atom stereocenters. The monoisotopic (exact) mass is 737 g/mol. The van der Waals surface area contributed by atoms with Crippen LogP contribution in [0.5, 0.6) is 0 Å². The van der Waals surface area contributed by atoms with E-state index in [-0.39, 0.29) is 6.10 Å². The number of hydrogen-bond donors (Lipinski definition) is 2. The fourth-order valence-electron chi connectivity index (χ4n) is 7.78. The summed E-state index contributed by atoms with van der Waals surface area (Å²) in [4.78, 5) is 0. The molecule has 0 saturated heterocycles. The quantitative estimate of drug-likeness (QED) is 0.0611. The Hall–Kier alpha value is -0.0800. The zero-order valence-electron chi connectivity index (χ0n) is 37.0. The minimum atomic E-state index is -0.0324. The van der Waals surface area contributed by atoms with Crippen LogP contribution in [-0.4, -0.2) is 22.9 Å². The Kier molecular flexibility index (Phi) is 55.1. The maximum Gasteiger partial charge on any atom is 0.0540 e. The molecule has 0 aromatic heterocycles. The van der Waals surface area contributed by atoms with Crippen molar-refractivity contribution >= 4 is 0 Å². The summed E-state index contributed by atoms with van der Waals surface area (Å²) in [5.74, 6) is 0. The second-order valence-electron chi connectivity index (χ2n) is 17.1. The van der Waals surface area contributed by atoms with Gasteiger partial charge in [-0.25, -0.2) is 0 Å². The Balaban J connectivity index is 0. The third kappa shape index (κ3) is 54.3. The van der Waals surface area contributed by atoms with Gasteiger partial charge in [0, 0.05) is 6.61 Å². The van der Waals surface area contributed by atoms with Crippen LogP contribution in [0.15, 0.2) is 0 Å². The van der Waals surface area contributed by atoms with Gasteiger partial charge >= 0.3 is 0 Å². The zero-order chi connectivity index (χ0) is 38.1. The summed E-state index contributed by atoms with van der Waals surface area (Å²) >= 11 is 0. The van der Waals surface area contributed by atoms with Crippen molar-refractivity contribution in [1.82, 2.24) is 0 Å². The molecule has 0 fully saturated rings. The van der Waals surface area contributed by atoms with E-state index in [1.807, 2.05) is 0 Å². The lowest BCUT2D eigenvalue weighted by atomic mass is 10.0. The van der Waals surface area contributed by atoms with Crippen LogP contribution in [0.1, 0.15) is 310 Å². The van der Waals surface area contributed by atoms with Crippen LogP contribution >= 0.6 is 0 Å². The van der Waals surface area contributed by atoms with Gasteiger partial charge in [-0.2, -0.15) is 0 Å². The third-order valence-corrected chi connectivity index (χ3v) is 11.5. The average molecular weight is 737 g/mol. The standard InChI is InChI=1S/C32H66O.C18H38O/c1-3-5-7-9-11-13-15-17-19-21-23-25-27-29-31-32(33)30-28-26-24-22-20-18-16-14-12-10-8-6-4-2;1-2-3-4-5-6-7-8-9-10-11-12-13-14-15-16-17-18-19/h32-33H,3-31H2,1-2H3;19H,2-18H2,1H3. The summed E-state index contributed by atoms with van der Waals surface area (Å²) < 4.78 is 0. The Morgan fingerprint density at radius 1 is 0.231 bits per heavy atom. The summed E-state index contributed by atoms with van der Waals surface area (Å²) in [6.45, 7) is 7.25. The number of rotatable bonds is 45. The van der Waals surface area contributed by atoms with Crippen LogP contribution in [0, 0.1) is 0 Å². The van der Waals surface area contributed by atoms with Gasteiger partial charge in [0.05, 0.1) is 6.10 Å². The van der Waals surface area contributed by atoms with Crippen LogP contribution in [0.2, 0.25) is 0 Å². The van der Waals surface area contributed by atoms with Crippen molar-refractivity contribution in [2.24, 2.45) is 0 Å². The van der Waals surface area contributed by atoms with Crippen LogP contribution < -0.4 is 0 Å². The van der Waals surface area contributed by atoms with Gasteiger partial charge in [-0.1, -0.05) is 290 Å². The van der Waals surface area contributed by atoms with Gasteiger partial charge in [-0.3, -0.25) is 0 Å². The molecule has 0 aliphatic heterocycles. The lowest BCUT2D eigenvalue weighted by molar-refractivity contribution is 0.147. The second kappa shape index (κ2) is 53.0. The summed E-state index contributed by atoms with van der Waals surface area (Å²) in [5.41, 5.74) is 0. The Labute approximate surface area is 331 Å². The van der Waals surface area contributed by atoms with Gasteiger partial charge in [0.25, 0.3) is 0 Å². The third-order valence-electron chi connectivity index (χ3n) is 11.5. The molecule has 0 amide bonds. The number of unbranched alkanes of at least 4 members (excludes halogenated alkanes) is 40. The van der Waals surface area contributed by atoms with E-state index in [9.17, 15) is 5.11 Å². The highest BCUT2D eigenvalue weighted by molar-refractivity contribution is 4.58. The van der Waals surface area contributed by atoms with Gasteiger partial charge in [-0.05, 0) is 19.3 Å². The van der Waals surface area contributed by atoms with E-state index < -0.39 is 0 Å². The molecule has 0 bridgehead atoms. The molecule has 0 spiro atoms. The predicted octanol–water partition coefficient (Wildman–Crippen LogP) is 17.9. The Bertz CT molecular complexity index is 546. The smallest absolute Gasteiger partial charge is 0.0540 e. The largest absolute Gasteiger partial charge is 0.396 e. The van der Waals surface area contributed by atoms with Crippen LogP contribution in [0.25, 0.3) is 0 Å². The van der Waals surface area contributed by atoms with Gasteiger partial charge in [-0.15, -0.1) is 0 Å². The highest BCUT2D eigenvalue weighted by Gasteiger charge is 2.04. The summed E-state index contributed by atoms with van der Waals surface area (Å²) in [7, 11) is 0. The minimum absolute atomic E-state index is 0.0324. The molecule has 2 heteroatoms. The predicted molar refractivity (Wildman–Crippen MR) is 238 cm³/mol. The van der Waals surface area contributed by atoms with Crippen LogP contribution in [-0.2, 0) is 0 Å². The molecule has 0 aromatic carbocycles. The summed E-state index contributed by atoms with van der Waals surface area (Å²) in [6, 6.07) is 0. The normalized spacial score (nSPS) is 11.9. The molecule has 2 N–H and O–H groups in total. The molecule has 0 aliphatic carbocycles. The average Bonchev–Trinajstić information content (AvgIpc) is 3.15. The lowest BCUT2D eigenvalue weighted by Crippen LogP contribution is -2.05. The first-order valence-corrected chi connectivity index (χ1v) is 25.0. The molecule has 2 nitrogen and oxygen atoms in total. The van der Waals surface area contributed by atoms with Gasteiger partial charge < -0.3 is 10.2 Å². The van der Waals surface area contributed by atoms with Crippen molar-refractivity contribution in [2.45, 2.75) is 316 Å². The molecular formula is C50H104O2. The molecule has 0 aliphatic rings. The molecule has 0 rings (SSSR count). The van der Waals surface area contributed by atoms with Crippen molar-refractivity contribution < 1.29 is 10.2 Å². The van der Waals surface area contributed by atoms with Crippen molar-refractivity contribution in [3.05, 3.63) is 0 Å². The number of aliphatic hydroxyl groups excluding tert-OH is 2. The van der Waals surface area contributed by atoms with E-state index in [1.165, 1.54) is 270 Å². The Morgan fingerprint density at radius 3 is 0.558 bits per heavy atom. The van der Waals surface area contributed by atoms with Crippen LogP contribution in [0.4, 0.5) is 0 Å². The van der Waals surface area contributed by atoms with Crippen molar-refractivity contribution in [3.63, 3.8) is 0 Å². The summed E-state index contributed by atoms with van der Waals surface area (Å²) in [6.07, 6.45) is 62.2. The van der Waals surface area contributed by atoms with E-state index in [1.54, 1.807) is 0 Å². The molecule has 0 saturated carbocycles. The molecule has 52 heavy (non-hydrogen) atoms. The van der Waals surface area contributed by atoms with Crippen molar-refractivity contribution in [2.75, 3.05) is 6.61 Å². The minimum Gasteiger partial charge on any atom is -0.396 e. The first kappa shape index (κ1) is 54.0. The lowest BCUT2D eigenvalue weighted by Gasteiger charge is -2.10. The fraction of sp³-hybridized carbons (Fsp3) is 1.00. The first-order chi connectivity index (χ1) is 25.7. The fourth-order valence-corrected chi connectivity index (χ4v) is 7.78. The SMILES string of the molecule is CCCCCCCCCCCCCCCCC(O)CCCCCCCCCCCCCCC.CCCCCCCCCCCCCCCCCCO. The highest BCUT2D eigenvalue weighted by atomic mass is 16.3. The van der Waals surface area contributed by atoms with E-state index in [0.29, 0.717) is 6.61 Å². The van der Waals surface area contributed by atoms with Crippen molar-refractivity contribution in [3.8, 4) is 0 Å². The van der Waals surface area contributed by atoms with E-state index >= 15 is 0 Å². The molecule has 1 unspecified atom stereocenters. The van der Waals surface area contributed by atoms with Gasteiger partial charge in [0.2, 0.25) is 0 Å². The highest BCUT2D eigenvalue weighted by Crippen LogP contribution is 2.17. The molecule has 316 valence electrons. The van der Waals surface area contributed by atoms with Gasteiger partial charge in [0.1, 0.15) is 0 Å². The second-order valence-corrected chi connectivity index (χ2v) is 17.1. The molecular weight excluding hydrogens is 633 g/mol. The van der Waals surface area contributed by atoms with E-state index in [0.717, 1.165) is 19.3 Å². The van der Waals surface area contributed by atoms with E-state index in [4.69, 9.17) is 5.11 Å². The first-order valence-electron chi connectivity index (χ1n) is 25.0. The van der Waals surface area contributed by atoms with Crippen LogP contribution in [0.3, 0.4) is 0 Å². The number of hydrogen-bond acceptors (Lipinski definition) is 2. The van der Waals surface area contributed by atoms with Crippen molar-refractivity contribution in [1.29, 1.82) is 0 Å². The topological polar surface area (TPSA) is 40.5 Å². The summed E-state index contributed by atoms with van der Waals surface area (Å²) in [5, 5.41) is 18.9. The van der Waals surface area contributed by atoms with Gasteiger partial charge in [0.15, 0.2) is 0 Å².